The SMILES string of the molecule is CC[C@@H](C(CC(C)C)C(=O)O)C1CCC(=O)OC1=O. The van der Waals surface area contributed by atoms with Crippen molar-refractivity contribution in [3.05, 3.63) is 0 Å². The molecule has 108 valence electrons. The summed E-state index contributed by atoms with van der Waals surface area (Å²) in [5.74, 6) is -2.98. The summed E-state index contributed by atoms with van der Waals surface area (Å²) in [6.07, 6.45) is 1.72. The van der Waals surface area contributed by atoms with Crippen LogP contribution in [0.1, 0.15) is 46.5 Å². The summed E-state index contributed by atoms with van der Waals surface area (Å²) in [6, 6.07) is 0. The molecule has 0 aromatic rings. The van der Waals surface area contributed by atoms with E-state index in [2.05, 4.69) is 4.74 Å². The molecule has 0 aliphatic carbocycles. The second kappa shape index (κ2) is 6.68. The third kappa shape index (κ3) is 4.04. The van der Waals surface area contributed by atoms with E-state index in [0.29, 0.717) is 19.3 Å². The lowest BCUT2D eigenvalue weighted by atomic mass is 9.74. The zero-order chi connectivity index (χ0) is 14.6. The van der Waals surface area contributed by atoms with Crippen molar-refractivity contribution in [3.8, 4) is 0 Å². The molecule has 0 radical (unpaired) electrons. The molecule has 1 fully saturated rings. The van der Waals surface area contributed by atoms with Crippen molar-refractivity contribution in [3.63, 3.8) is 0 Å². The van der Waals surface area contributed by atoms with Crippen molar-refractivity contribution < 1.29 is 24.2 Å². The Bertz CT molecular complexity index is 361. The monoisotopic (exact) mass is 270 g/mol. The van der Waals surface area contributed by atoms with E-state index in [-0.39, 0.29) is 18.3 Å². The molecule has 1 rings (SSSR count). The van der Waals surface area contributed by atoms with E-state index in [1.807, 2.05) is 20.8 Å². The molecule has 1 aliphatic heterocycles. The van der Waals surface area contributed by atoms with Gasteiger partial charge in [-0.15, -0.1) is 0 Å². The van der Waals surface area contributed by atoms with Gasteiger partial charge in [-0.25, -0.2) is 0 Å². The number of aliphatic carboxylic acids is 1. The Balaban J connectivity index is 2.87. The second-order valence-corrected chi connectivity index (χ2v) is 5.58. The standard InChI is InChI=1S/C14H22O5/c1-4-9(11(13(16)17)7-8(2)3)10-5-6-12(15)19-14(10)18/h8-11H,4-7H2,1-3H3,(H,16,17)/t9-,10?,11?/m1/s1. The van der Waals surface area contributed by atoms with Gasteiger partial charge in [-0.2, -0.15) is 0 Å². The van der Waals surface area contributed by atoms with E-state index in [1.54, 1.807) is 0 Å². The van der Waals surface area contributed by atoms with Crippen LogP contribution < -0.4 is 0 Å². The average molecular weight is 270 g/mol. The Labute approximate surface area is 113 Å². The highest BCUT2D eigenvalue weighted by Crippen LogP contribution is 2.35. The lowest BCUT2D eigenvalue weighted by Gasteiger charge is -2.32. The Morgan fingerprint density at radius 2 is 2.05 bits per heavy atom. The van der Waals surface area contributed by atoms with Gasteiger partial charge >= 0.3 is 17.9 Å². The van der Waals surface area contributed by atoms with Gasteiger partial charge in [0.15, 0.2) is 0 Å². The fourth-order valence-electron chi connectivity index (χ4n) is 2.84. The average Bonchev–Trinajstić information content (AvgIpc) is 2.30. The highest BCUT2D eigenvalue weighted by Gasteiger charge is 2.40. The van der Waals surface area contributed by atoms with Gasteiger partial charge in [-0.1, -0.05) is 27.2 Å². The summed E-state index contributed by atoms with van der Waals surface area (Å²) in [5, 5.41) is 9.37. The highest BCUT2D eigenvalue weighted by molar-refractivity contribution is 5.90. The van der Waals surface area contributed by atoms with Gasteiger partial charge in [0.25, 0.3) is 0 Å². The van der Waals surface area contributed by atoms with Crippen molar-refractivity contribution >= 4 is 17.9 Å². The Kier molecular flexibility index (Phi) is 5.51. The van der Waals surface area contributed by atoms with Crippen LogP contribution in [0.15, 0.2) is 0 Å². The predicted octanol–water partition coefficient (Wildman–Crippen LogP) is 2.24. The van der Waals surface area contributed by atoms with Crippen LogP contribution in [-0.2, 0) is 19.1 Å². The third-order valence-corrected chi connectivity index (χ3v) is 3.72. The zero-order valence-corrected chi connectivity index (χ0v) is 11.7. The molecule has 0 aromatic carbocycles. The van der Waals surface area contributed by atoms with E-state index in [0.717, 1.165) is 0 Å². The molecular formula is C14H22O5. The first-order valence-electron chi connectivity index (χ1n) is 6.84. The van der Waals surface area contributed by atoms with Gasteiger partial charge in [0.1, 0.15) is 0 Å². The Morgan fingerprint density at radius 1 is 1.42 bits per heavy atom. The molecule has 1 saturated heterocycles. The number of carbonyl (C=O) groups is 3. The molecule has 2 unspecified atom stereocenters. The number of esters is 2. The highest BCUT2D eigenvalue weighted by atomic mass is 16.6. The van der Waals surface area contributed by atoms with Crippen LogP contribution in [0.2, 0.25) is 0 Å². The molecule has 1 heterocycles. The van der Waals surface area contributed by atoms with Gasteiger partial charge in [0.05, 0.1) is 11.8 Å². The van der Waals surface area contributed by atoms with Crippen LogP contribution in [0.4, 0.5) is 0 Å². The summed E-state index contributed by atoms with van der Waals surface area (Å²) < 4.78 is 4.65. The molecule has 1 aliphatic rings. The maximum absolute atomic E-state index is 11.8. The van der Waals surface area contributed by atoms with Gasteiger partial charge in [0, 0.05) is 6.42 Å². The second-order valence-electron chi connectivity index (χ2n) is 5.58. The van der Waals surface area contributed by atoms with Crippen LogP contribution in [0.5, 0.6) is 0 Å². The van der Waals surface area contributed by atoms with Crippen molar-refractivity contribution in [2.45, 2.75) is 46.5 Å². The number of carboxylic acids is 1. The lowest BCUT2D eigenvalue weighted by Crippen LogP contribution is -2.38. The van der Waals surface area contributed by atoms with Crippen LogP contribution in [0.3, 0.4) is 0 Å². The van der Waals surface area contributed by atoms with Crippen molar-refractivity contribution in [2.75, 3.05) is 0 Å². The molecular weight excluding hydrogens is 248 g/mol. The number of hydrogen-bond donors (Lipinski definition) is 1. The topological polar surface area (TPSA) is 80.7 Å². The molecule has 0 amide bonds. The number of rotatable bonds is 6. The molecule has 5 heteroatoms. The first-order chi connectivity index (χ1) is 8.86. The number of carbonyl (C=O) groups excluding carboxylic acids is 2. The fraction of sp³-hybridized carbons (Fsp3) is 0.786. The number of ether oxygens (including phenoxy) is 1. The number of carboxylic acid groups (broad SMARTS) is 1. The van der Waals surface area contributed by atoms with Gasteiger partial charge in [-0.3, -0.25) is 14.4 Å². The lowest BCUT2D eigenvalue weighted by molar-refractivity contribution is -0.170. The van der Waals surface area contributed by atoms with E-state index >= 15 is 0 Å². The minimum Gasteiger partial charge on any atom is -0.481 e. The first-order valence-corrected chi connectivity index (χ1v) is 6.84. The fourth-order valence-corrected chi connectivity index (χ4v) is 2.84. The minimum absolute atomic E-state index is 0.195. The largest absolute Gasteiger partial charge is 0.481 e. The van der Waals surface area contributed by atoms with E-state index in [9.17, 15) is 19.5 Å². The van der Waals surface area contributed by atoms with Gasteiger partial charge in [-0.05, 0) is 24.7 Å². The van der Waals surface area contributed by atoms with Gasteiger partial charge in [0.2, 0.25) is 0 Å². The molecule has 19 heavy (non-hydrogen) atoms. The third-order valence-electron chi connectivity index (χ3n) is 3.72. The number of cyclic esters (lactones) is 2. The molecule has 0 aromatic heterocycles. The van der Waals surface area contributed by atoms with E-state index in [1.165, 1.54) is 0 Å². The molecule has 0 spiro atoms. The summed E-state index contributed by atoms with van der Waals surface area (Å²) in [6.45, 7) is 5.81. The Hall–Kier alpha value is -1.39. The smallest absolute Gasteiger partial charge is 0.316 e. The normalized spacial score (nSPS) is 23.1. The van der Waals surface area contributed by atoms with E-state index < -0.39 is 29.7 Å². The Morgan fingerprint density at radius 3 is 2.47 bits per heavy atom. The van der Waals surface area contributed by atoms with Crippen LogP contribution in [0, 0.1) is 23.7 Å². The summed E-state index contributed by atoms with van der Waals surface area (Å²) in [5.41, 5.74) is 0. The molecule has 0 bridgehead atoms. The van der Waals surface area contributed by atoms with Crippen LogP contribution in [0.25, 0.3) is 0 Å². The van der Waals surface area contributed by atoms with Crippen LogP contribution >= 0.6 is 0 Å². The molecule has 3 atom stereocenters. The summed E-state index contributed by atoms with van der Waals surface area (Å²) in [7, 11) is 0. The predicted molar refractivity (Wildman–Crippen MR) is 68.2 cm³/mol. The molecule has 5 nitrogen and oxygen atoms in total. The van der Waals surface area contributed by atoms with Crippen molar-refractivity contribution in [2.24, 2.45) is 23.7 Å². The summed E-state index contributed by atoms with van der Waals surface area (Å²) in [4.78, 5) is 34.3. The van der Waals surface area contributed by atoms with Crippen molar-refractivity contribution in [1.82, 2.24) is 0 Å². The minimum atomic E-state index is -0.870. The zero-order valence-electron chi connectivity index (χ0n) is 11.7. The maximum atomic E-state index is 11.8. The van der Waals surface area contributed by atoms with Crippen LogP contribution in [-0.4, -0.2) is 23.0 Å². The molecule has 0 saturated carbocycles. The number of hydrogen-bond acceptors (Lipinski definition) is 4. The quantitative estimate of drug-likeness (QED) is 0.591. The first kappa shape index (κ1) is 15.7. The van der Waals surface area contributed by atoms with E-state index in [4.69, 9.17) is 0 Å². The summed E-state index contributed by atoms with van der Waals surface area (Å²) >= 11 is 0. The maximum Gasteiger partial charge on any atom is 0.316 e. The van der Waals surface area contributed by atoms with Gasteiger partial charge < -0.3 is 9.84 Å². The van der Waals surface area contributed by atoms with Crippen molar-refractivity contribution in [1.29, 1.82) is 0 Å². The molecule has 1 N–H and O–H groups in total.